The quantitative estimate of drug-likeness (QED) is 0.674. The standard InChI is InChI=1S/C6H10N4OS/c1-12-3-2-4-8-5(7)10-6(11)9-4/h2-3H2,1H3,(H3,7,8,9,10,11). The van der Waals surface area contributed by atoms with Crippen molar-refractivity contribution in [2.75, 3.05) is 17.7 Å². The number of anilines is 1. The minimum absolute atomic E-state index is 0.0369. The Kier molecular flexibility index (Phi) is 3.09. The Labute approximate surface area is 73.8 Å². The molecule has 1 heterocycles. The molecule has 0 saturated heterocycles. The van der Waals surface area contributed by atoms with E-state index in [4.69, 9.17) is 5.73 Å². The van der Waals surface area contributed by atoms with Crippen LogP contribution in [0.1, 0.15) is 5.82 Å². The van der Waals surface area contributed by atoms with Crippen molar-refractivity contribution in [1.29, 1.82) is 0 Å². The first-order valence-electron chi connectivity index (χ1n) is 3.44. The van der Waals surface area contributed by atoms with Crippen LogP contribution in [-0.4, -0.2) is 27.0 Å². The Morgan fingerprint density at radius 2 is 2.33 bits per heavy atom. The maximum absolute atomic E-state index is 10.8. The van der Waals surface area contributed by atoms with Crippen LogP contribution in [-0.2, 0) is 6.42 Å². The molecule has 0 aliphatic carbocycles. The van der Waals surface area contributed by atoms with Gasteiger partial charge in [-0.25, -0.2) is 4.79 Å². The van der Waals surface area contributed by atoms with Crippen LogP contribution in [0.3, 0.4) is 0 Å². The fourth-order valence-corrected chi connectivity index (χ4v) is 1.16. The summed E-state index contributed by atoms with van der Waals surface area (Å²) >= 11 is 1.68. The van der Waals surface area contributed by atoms with Gasteiger partial charge in [0.25, 0.3) is 0 Å². The third-order valence-corrected chi connectivity index (χ3v) is 1.87. The van der Waals surface area contributed by atoms with Crippen molar-refractivity contribution >= 4 is 17.7 Å². The molecule has 0 atom stereocenters. The lowest BCUT2D eigenvalue weighted by Crippen LogP contribution is -2.17. The van der Waals surface area contributed by atoms with Gasteiger partial charge in [0, 0.05) is 12.2 Å². The average molecular weight is 186 g/mol. The van der Waals surface area contributed by atoms with Gasteiger partial charge in [-0.1, -0.05) is 0 Å². The Morgan fingerprint density at radius 1 is 1.58 bits per heavy atom. The molecule has 5 nitrogen and oxygen atoms in total. The van der Waals surface area contributed by atoms with Gasteiger partial charge in [-0.05, 0) is 6.26 Å². The van der Waals surface area contributed by atoms with Crippen molar-refractivity contribution in [1.82, 2.24) is 15.0 Å². The Bertz CT molecular complexity index is 311. The monoisotopic (exact) mass is 186 g/mol. The lowest BCUT2D eigenvalue weighted by molar-refractivity contribution is 0.881. The summed E-state index contributed by atoms with van der Waals surface area (Å²) in [6.07, 6.45) is 2.70. The molecule has 0 bridgehead atoms. The van der Waals surface area contributed by atoms with E-state index in [2.05, 4.69) is 15.0 Å². The van der Waals surface area contributed by atoms with Crippen molar-refractivity contribution in [3.63, 3.8) is 0 Å². The van der Waals surface area contributed by atoms with Gasteiger partial charge in [0.2, 0.25) is 5.95 Å². The lowest BCUT2D eigenvalue weighted by atomic mass is 10.4. The summed E-state index contributed by atoms with van der Waals surface area (Å²) in [6.45, 7) is 0. The number of aromatic nitrogens is 3. The van der Waals surface area contributed by atoms with Gasteiger partial charge in [0.05, 0.1) is 0 Å². The molecule has 0 fully saturated rings. The number of hydrogen-bond donors (Lipinski definition) is 2. The fourth-order valence-electron chi connectivity index (χ4n) is 0.764. The van der Waals surface area contributed by atoms with Gasteiger partial charge in [0.15, 0.2) is 0 Å². The molecule has 3 N–H and O–H groups in total. The molecule has 1 aromatic rings. The van der Waals surface area contributed by atoms with Crippen LogP contribution in [0.2, 0.25) is 0 Å². The van der Waals surface area contributed by atoms with E-state index in [1.807, 2.05) is 6.26 Å². The number of aromatic amines is 1. The van der Waals surface area contributed by atoms with Crippen LogP contribution in [0.4, 0.5) is 5.95 Å². The SMILES string of the molecule is CSCCc1nc(N)nc(=O)[nH]1. The Hall–Kier alpha value is -1.04. The summed E-state index contributed by atoms with van der Waals surface area (Å²) in [6, 6.07) is 0. The molecule has 1 aromatic heterocycles. The topological polar surface area (TPSA) is 84.7 Å². The van der Waals surface area contributed by atoms with E-state index in [-0.39, 0.29) is 5.95 Å². The van der Waals surface area contributed by atoms with Crippen LogP contribution >= 0.6 is 11.8 Å². The second-order valence-corrected chi connectivity index (χ2v) is 3.19. The van der Waals surface area contributed by atoms with Crippen molar-refractivity contribution in [3.05, 3.63) is 16.3 Å². The lowest BCUT2D eigenvalue weighted by Gasteiger charge is -1.97. The summed E-state index contributed by atoms with van der Waals surface area (Å²) in [5.41, 5.74) is 4.85. The largest absolute Gasteiger partial charge is 0.368 e. The van der Waals surface area contributed by atoms with Crippen LogP contribution in [0, 0.1) is 0 Å². The fraction of sp³-hybridized carbons (Fsp3) is 0.500. The minimum atomic E-state index is -0.432. The molecule has 0 amide bonds. The number of hydrogen-bond acceptors (Lipinski definition) is 5. The summed E-state index contributed by atoms with van der Waals surface area (Å²) in [4.78, 5) is 20.6. The highest BCUT2D eigenvalue weighted by molar-refractivity contribution is 7.98. The molecule has 0 aromatic carbocycles. The maximum Gasteiger partial charge on any atom is 0.349 e. The first kappa shape index (κ1) is 9.05. The van der Waals surface area contributed by atoms with Crippen LogP contribution in [0.25, 0.3) is 0 Å². The summed E-state index contributed by atoms with van der Waals surface area (Å²) in [7, 11) is 0. The number of nitrogens with two attached hydrogens (primary N) is 1. The first-order valence-corrected chi connectivity index (χ1v) is 4.83. The number of nitrogen functional groups attached to an aromatic ring is 1. The first-order chi connectivity index (χ1) is 5.72. The highest BCUT2D eigenvalue weighted by Gasteiger charge is 1.98. The van der Waals surface area contributed by atoms with Crippen LogP contribution in [0.15, 0.2) is 4.79 Å². The Balaban J connectivity index is 2.79. The zero-order valence-corrected chi connectivity index (χ0v) is 7.52. The number of nitrogens with one attached hydrogen (secondary N) is 1. The molecule has 0 saturated carbocycles. The number of aryl methyl sites for hydroxylation is 1. The molecule has 12 heavy (non-hydrogen) atoms. The molecular formula is C6H10N4OS. The van der Waals surface area contributed by atoms with E-state index in [0.29, 0.717) is 12.2 Å². The zero-order valence-electron chi connectivity index (χ0n) is 6.70. The van der Waals surface area contributed by atoms with Gasteiger partial charge in [-0.2, -0.15) is 21.7 Å². The molecule has 0 spiro atoms. The third-order valence-electron chi connectivity index (χ3n) is 1.26. The van der Waals surface area contributed by atoms with Gasteiger partial charge in [0.1, 0.15) is 5.82 Å². The van der Waals surface area contributed by atoms with Crippen molar-refractivity contribution < 1.29 is 0 Å². The number of rotatable bonds is 3. The molecule has 6 heteroatoms. The Morgan fingerprint density at radius 3 is 2.92 bits per heavy atom. The van der Waals surface area contributed by atoms with Gasteiger partial charge >= 0.3 is 5.69 Å². The van der Waals surface area contributed by atoms with E-state index >= 15 is 0 Å². The van der Waals surface area contributed by atoms with E-state index in [1.165, 1.54) is 0 Å². The molecule has 0 radical (unpaired) electrons. The third kappa shape index (κ3) is 2.54. The number of nitrogens with zero attached hydrogens (tertiary/aromatic N) is 2. The maximum atomic E-state index is 10.8. The summed E-state index contributed by atoms with van der Waals surface area (Å²) in [5.74, 6) is 1.54. The predicted octanol–water partition coefficient (Wildman–Crippen LogP) is -0.347. The molecule has 1 rings (SSSR count). The number of thioether (sulfide) groups is 1. The molecule has 0 aliphatic heterocycles. The van der Waals surface area contributed by atoms with E-state index in [0.717, 1.165) is 5.75 Å². The van der Waals surface area contributed by atoms with E-state index in [9.17, 15) is 4.79 Å². The summed E-state index contributed by atoms with van der Waals surface area (Å²) in [5, 5.41) is 0. The van der Waals surface area contributed by atoms with Crippen molar-refractivity contribution in [2.24, 2.45) is 0 Å². The smallest absolute Gasteiger partial charge is 0.349 e. The minimum Gasteiger partial charge on any atom is -0.368 e. The second-order valence-electron chi connectivity index (χ2n) is 2.20. The van der Waals surface area contributed by atoms with Gasteiger partial charge in [-0.15, -0.1) is 0 Å². The van der Waals surface area contributed by atoms with Gasteiger partial charge in [-0.3, -0.25) is 4.98 Å². The second kappa shape index (κ2) is 4.10. The summed E-state index contributed by atoms with van der Waals surface area (Å²) < 4.78 is 0. The van der Waals surface area contributed by atoms with E-state index in [1.54, 1.807) is 11.8 Å². The molecular weight excluding hydrogens is 176 g/mol. The molecule has 0 aliphatic rings. The highest BCUT2D eigenvalue weighted by Crippen LogP contribution is 1.97. The normalized spacial score (nSPS) is 10.1. The van der Waals surface area contributed by atoms with Crippen molar-refractivity contribution in [3.8, 4) is 0 Å². The molecule has 66 valence electrons. The van der Waals surface area contributed by atoms with Crippen LogP contribution < -0.4 is 11.4 Å². The highest BCUT2D eigenvalue weighted by atomic mass is 32.2. The van der Waals surface area contributed by atoms with Crippen molar-refractivity contribution in [2.45, 2.75) is 6.42 Å². The average Bonchev–Trinajstić information content (AvgIpc) is 1.99. The van der Waals surface area contributed by atoms with Crippen LogP contribution in [0.5, 0.6) is 0 Å². The zero-order chi connectivity index (χ0) is 8.97. The van der Waals surface area contributed by atoms with Gasteiger partial charge < -0.3 is 5.73 Å². The molecule has 0 unspecified atom stereocenters. The van der Waals surface area contributed by atoms with E-state index < -0.39 is 5.69 Å². The number of H-pyrrole nitrogens is 1. The predicted molar refractivity (Wildman–Crippen MR) is 49.2 cm³/mol.